The fourth-order valence-electron chi connectivity index (χ4n) is 7.62. The van der Waals surface area contributed by atoms with E-state index in [9.17, 15) is 34.5 Å². The van der Waals surface area contributed by atoms with Crippen molar-refractivity contribution in [3.63, 3.8) is 0 Å². The first-order valence-corrected chi connectivity index (χ1v) is 15.1. The SMILES string of the molecule is COc1ccc(C(=O)Nc2ccc(-c3ccc(O)c4c3CC3(C)CC5C(C(=O)C(C(N)=O)=C(O)C5N(C)C)C(O)=C3C4=O)cc2)cc1. The van der Waals surface area contributed by atoms with Gasteiger partial charge in [-0.05, 0) is 92.0 Å². The van der Waals surface area contributed by atoms with Gasteiger partial charge in [-0.3, -0.25) is 24.1 Å². The maximum Gasteiger partial charge on any atom is 0.255 e. The van der Waals surface area contributed by atoms with Gasteiger partial charge in [-0.1, -0.05) is 25.1 Å². The molecule has 3 aliphatic rings. The second-order valence-electron chi connectivity index (χ2n) is 12.8. The topological polar surface area (TPSA) is 179 Å². The van der Waals surface area contributed by atoms with Gasteiger partial charge in [0, 0.05) is 22.2 Å². The molecule has 6 rings (SSSR count). The molecular formula is C36H35N3O8. The van der Waals surface area contributed by atoms with E-state index < -0.39 is 57.9 Å². The molecule has 2 amide bonds. The number of carbonyl (C=O) groups excluding carboxylic acids is 4. The van der Waals surface area contributed by atoms with E-state index in [1.807, 2.05) is 6.92 Å². The number of fused-ring (bicyclic) bond motifs is 3. The first-order valence-electron chi connectivity index (χ1n) is 15.1. The number of amides is 2. The number of allylic oxidation sites excluding steroid dienone is 2. The van der Waals surface area contributed by atoms with Gasteiger partial charge in [0.25, 0.3) is 11.8 Å². The summed E-state index contributed by atoms with van der Waals surface area (Å²) in [5.41, 5.74) is 6.94. The third kappa shape index (κ3) is 5.03. The van der Waals surface area contributed by atoms with Crippen molar-refractivity contribution in [2.45, 2.75) is 25.8 Å². The molecule has 0 bridgehead atoms. The molecule has 3 aliphatic carbocycles. The van der Waals surface area contributed by atoms with Gasteiger partial charge in [-0.2, -0.15) is 0 Å². The summed E-state index contributed by atoms with van der Waals surface area (Å²) in [6, 6.07) is 16.1. The minimum Gasteiger partial charge on any atom is -0.511 e. The predicted molar refractivity (Wildman–Crippen MR) is 173 cm³/mol. The number of hydrogen-bond acceptors (Lipinski definition) is 9. The van der Waals surface area contributed by atoms with Crippen molar-refractivity contribution in [2.75, 3.05) is 26.5 Å². The number of phenolic OH excluding ortho intramolecular Hbond substituents is 1. The lowest BCUT2D eigenvalue weighted by molar-refractivity contribution is -0.127. The Kier molecular flexibility index (Phi) is 7.67. The van der Waals surface area contributed by atoms with Crippen molar-refractivity contribution in [1.82, 2.24) is 4.90 Å². The van der Waals surface area contributed by atoms with Crippen molar-refractivity contribution in [2.24, 2.45) is 23.0 Å². The number of ether oxygens (including phenoxy) is 1. The number of rotatable bonds is 6. The third-order valence-electron chi connectivity index (χ3n) is 9.66. The average Bonchev–Trinajstić information content (AvgIpc) is 3.00. The van der Waals surface area contributed by atoms with Gasteiger partial charge in [0.1, 0.15) is 28.6 Å². The number of ketones is 2. The largest absolute Gasteiger partial charge is 0.511 e. The molecule has 4 unspecified atom stereocenters. The molecule has 242 valence electrons. The summed E-state index contributed by atoms with van der Waals surface area (Å²) in [6.07, 6.45) is 0.455. The van der Waals surface area contributed by atoms with Crippen LogP contribution in [0.3, 0.4) is 0 Å². The van der Waals surface area contributed by atoms with Gasteiger partial charge in [-0.15, -0.1) is 0 Å². The number of Topliss-reactive ketones (excluding diaryl/α,β-unsaturated/α-hetero) is 2. The van der Waals surface area contributed by atoms with Crippen LogP contribution in [0.1, 0.15) is 39.6 Å². The van der Waals surface area contributed by atoms with Crippen molar-refractivity contribution >= 4 is 29.1 Å². The van der Waals surface area contributed by atoms with Gasteiger partial charge >= 0.3 is 0 Å². The lowest BCUT2D eigenvalue weighted by Gasteiger charge is -2.50. The maximum absolute atomic E-state index is 14.2. The highest BCUT2D eigenvalue weighted by molar-refractivity contribution is 6.22. The Balaban J connectivity index is 1.37. The van der Waals surface area contributed by atoms with Crippen molar-refractivity contribution in [3.8, 4) is 22.6 Å². The lowest BCUT2D eigenvalue weighted by atomic mass is 9.54. The Morgan fingerprint density at radius 1 is 0.957 bits per heavy atom. The summed E-state index contributed by atoms with van der Waals surface area (Å²) in [7, 11) is 4.92. The molecule has 4 atom stereocenters. The van der Waals surface area contributed by atoms with E-state index in [0.29, 0.717) is 28.1 Å². The molecule has 0 aromatic heterocycles. The number of nitrogens with zero attached hydrogens (tertiary/aromatic N) is 1. The number of anilines is 1. The van der Waals surface area contributed by atoms with Crippen molar-refractivity contribution < 1.29 is 39.2 Å². The normalized spacial score (nSPS) is 23.6. The number of methoxy groups -OCH3 is 1. The van der Waals surface area contributed by atoms with Crippen LogP contribution in [0.2, 0.25) is 0 Å². The fourth-order valence-corrected chi connectivity index (χ4v) is 7.62. The van der Waals surface area contributed by atoms with Crippen LogP contribution in [0.25, 0.3) is 11.1 Å². The number of aromatic hydroxyl groups is 1. The summed E-state index contributed by atoms with van der Waals surface area (Å²) < 4.78 is 5.15. The van der Waals surface area contributed by atoms with E-state index in [0.717, 1.165) is 5.56 Å². The average molecular weight is 638 g/mol. The first kappa shape index (κ1) is 31.6. The highest BCUT2D eigenvalue weighted by atomic mass is 16.5. The zero-order chi connectivity index (χ0) is 33.9. The molecule has 11 heteroatoms. The number of aliphatic hydroxyl groups excluding tert-OH is 2. The van der Waals surface area contributed by atoms with Gasteiger partial charge in [0.05, 0.1) is 24.6 Å². The Hall–Kier alpha value is -5.42. The first-order chi connectivity index (χ1) is 22.3. The monoisotopic (exact) mass is 637 g/mol. The number of likely N-dealkylation sites (N-methyl/N-ethyl adjacent to an activating group) is 1. The van der Waals surface area contributed by atoms with Gasteiger partial charge in [0.15, 0.2) is 11.6 Å². The maximum atomic E-state index is 14.2. The van der Waals surface area contributed by atoms with E-state index in [-0.39, 0.29) is 35.6 Å². The minimum absolute atomic E-state index is 0.00589. The smallest absolute Gasteiger partial charge is 0.255 e. The minimum atomic E-state index is -1.26. The van der Waals surface area contributed by atoms with Crippen LogP contribution < -0.4 is 15.8 Å². The second-order valence-corrected chi connectivity index (χ2v) is 12.8. The van der Waals surface area contributed by atoms with Crippen LogP contribution >= 0.6 is 0 Å². The molecule has 0 saturated heterocycles. The van der Waals surface area contributed by atoms with Crippen LogP contribution in [0.5, 0.6) is 11.5 Å². The van der Waals surface area contributed by atoms with Crippen LogP contribution in [-0.4, -0.2) is 70.8 Å². The number of carbonyl (C=O) groups is 4. The third-order valence-corrected chi connectivity index (χ3v) is 9.66. The Bertz CT molecular complexity index is 1910. The van der Waals surface area contributed by atoms with Crippen LogP contribution in [-0.2, 0) is 16.0 Å². The number of primary amides is 1. The summed E-state index contributed by atoms with van der Waals surface area (Å²) in [6.45, 7) is 1.82. The standard InChI is InChI=1S/C36H35N3O8/c1-36-15-22-21(17-5-9-19(10-6-17)38-35(46)18-7-11-20(47-4)12-8-18)13-14-24(40)25(22)31(42)28(36)32(43)26-23(16-36)29(39(2)3)33(44)27(30(26)41)34(37)45/h5-14,23,26,29,40,43-44H,15-16H2,1-4H3,(H2,37,45)(H,38,46). The lowest BCUT2D eigenvalue weighted by Crippen LogP contribution is -2.55. The summed E-state index contributed by atoms with van der Waals surface area (Å²) >= 11 is 0. The number of aliphatic hydroxyl groups is 2. The second kappa shape index (κ2) is 11.4. The number of nitrogens with one attached hydrogen (secondary N) is 1. The molecule has 0 saturated carbocycles. The number of benzene rings is 3. The van der Waals surface area contributed by atoms with E-state index in [2.05, 4.69) is 5.32 Å². The van der Waals surface area contributed by atoms with Gasteiger partial charge < -0.3 is 31.1 Å². The van der Waals surface area contributed by atoms with E-state index in [4.69, 9.17) is 10.5 Å². The van der Waals surface area contributed by atoms with Gasteiger partial charge in [0.2, 0.25) is 0 Å². The van der Waals surface area contributed by atoms with E-state index in [1.54, 1.807) is 80.7 Å². The van der Waals surface area contributed by atoms with Crippen LogP contribution in [0.15, 0.2) is 83.3 Å². The summed E-state index contributed by atoms with van der Waals surface area (Å²) in [4.78, 5) is 54.4. The van der Waals surface area contributed by atoms with Gasteiger partial charge in [-0.25, -0.2) is 0 Å². The zero-order valence-corrected chi connectivity index (χ0v) is 26.3. The molecule has 0 radical (unpaired) electrons. The Morgan fingerprint density at radius 2 is 1.62 bits per heavy atom. The van der Waals surface area contributed by atoms with Crippen LogP contribution in [0, 0.1) is 17.3 Å². The molecule has 0 aliphatic heterocycles. The summed E-state index contributed by atoms with van der Waals surface area (Å²) in [5, 5.41) is 36.5. The molecule has 0 spiro atoms. The molecule has 0 heterocycles. The molecule has 0 fully saturated rings. The van der Waals surface area contributed by atoms with Crippen molar-refractivity contribution in [1.29, 1.82) is 0 Å². The number of phenols is 1. The fraction of sp³-hybridized carbons (Fsp3) is 0.278. The Labute approximate surface area is 271 Å². The van der Waals surface area contributed by atoms with Crippen LogP contribution in [0.4, 0.5) is 5.69 Å². The van der Waals surface area contributed by atoms with E-state index in [1.165, 1.54) is 6.07 Å². The predicted octanol–water partition coefficient (Wildman–Crippen LogP) is 4.32. The Morgan fingerprint density at radius 3 is 2.21 bits per heavy atom. The highest BCUT2D eigenvalue weighted by Crippen LogP contribution is 2.56. The molecule has 3 aromatic rings. The zero-order valence-electron chi connectivity index (χ0n) is 26.3. The molecule has 47 heavy (non-hydrogen) atoms. The quantitative estimate of drug-likeness (QED) is 0.246. The molecule has 6 N–H and O–H groups in total. The van der Waals surface area contributed by atoms with E-state index >= 15 is 0 Å². The number of hydrogen-bond donors (Lipinski definition) is 5. The molecular weight excluding hydrogens is 602 g/mol. The summed E-state index contributed by atoms with van der Waals surface area (Å²) in [5.74, 6) is -5.33. The highest BCUT2D eigenvalue weighted by Gasteiger charge is 2.58. The molecule has 3 aromatic carbocycles. The molecule has 11 nitrogen and oxygen atoms in total. The van der Waals surface area contributed by atoms with Crippen molar-refractivity contribution in [3.05, 3.63) is 100 Å². The number of nitrogens with two attached hydrogens (primary N) is 1.